The maximum absolute atomic E-state index is 3.50. The van der Waals surface area contributed by atoms with E-state index in [9.17, 15) is 0 Å². The van der Waals surface area contributed by atoms with E-state index in [0.29, 0.717) is 0 Å². The SMILES string of the molecule is C=C[CH2][Sn].CCC[CH2][Sn]([CH2]CCC)[CH2]CCC. The number of hydrogen-bond donors (Lipinski definition) is 0. The van der Waals surface area contributed by atoms with Crippen LogP contribution >= 0.6 is 0 Å². The van der Waals surface area contributed by atoms with E-state index < -0.39 is 19.8 Å². The quantitative estimate of drug-likeness (QED) is 0.299. The second kappa shape index (κ2) is 19.7. The molecular weight excluding hydrogens is 418 g/mol. The molecule has 0 saturated carbocycles. The molecule has 0 spiro atoms. The van der Waals surface area contributed by atoms with E-state index in [0.717, 1.165) is 0 Å². The van der Waals surface area contributed by atoms with Crippen molar-refractivity contribution in [1.82, 2.24) is 0 Å². The molecule has 0 atom stereocenters. The zero-order valence-electron chi connectivity index (χ0n) is 12.4. The van der Waals surface area contributed by atoms with Crippen LogP contribution in [0.5, 0.6) is 0 Å². The Morgan fingerprint density at radius 1 is 0.882 bits per heavy atom. The van der Waals surface area contributed by atoms with Crippen molar-refractivity contribution in [3.63, 3.8) is 0 Å². The van der Waals surface area contributed by atoms with E-state index in [4.69, 9.17) is 0 Å². The van der Waals surface area contributed by atoms with Gasteiger partial charge >= 0.3 is 132 Å². The summed E-state index contributed by atoms with van der Waals surface area (Å²) >= 11 is 0.711. The molecular formula is C15H32Sn2. The fourth-order valence-corrected chi connectivity index (χ4v) is 11.1. The van der Waals surface area contributed by atoms with Gasteiger partial charge < -0.3 is 0 Å². The number of unbranched alkanes of at least 4 members (excludes halogenated alkanes) is 3. The molecule has 17 heavy (non-hydrogen) atoms. The van der Waals surface area contributed by atoms with Crippen LogP contribution in [0.4, 0.5) is 0 Å². The number of hydrogen-bond acceptors (Lipinski definition) is 0. The Kier molecular flexibility index (Phi) is 23.9. The first-order valence-corrected chi connectivity index (χ1v) is 15.4. The molecule has 0 aliphatic rings. The number of rotatable bonds is 10. The predicted octanol–water partition coefficient (Wildman–Crippen LogP) is 5.64. The van der Waals surface area contributed by atoms with Gasteiger partial charge in [0.05, 0.1) is 0 Å². The van der Waals surface area contributed by atoms with Crippen LogP contribution in [0.25, 0.3) is 0 Å². The Hall–Kier alpha value is 1.34. The van der Waals surface area contributed by atoms with Gasteiger partial charge in [-0.2, -0.15) is 0 Å². The van der Waals surface area contributed by atoms with Gasteiger partial charge in [0.25, 0.3) is 0 Å². The van der Waals surface area contributed by atoms with E-state index in [1.807, 2.05) is 6.08 Å². The van der Waals surface area contributed by atoms with Gasteiger partial charge in [0.1, 0.15) is 0 Å². The van der Waals surface area contributed by atoms with Gasteiger partial charge in [-0.05, 0) is 0 Å². The molecule has 100 valence electrons. The van der Waals surface area contributed by atoms with Gasteiger partial charge in [0, 0.05) is 0 Å². The van der Waals surface area contributed by atoms with E-state index in [1.165, 1.54) is 43.0 Å². The average molecular weight is 450 g/mol. The summed E-state index contributed by atoms with van der Waals surface area (Å²) in [5.74, 6) is 0. The molecule has 0 aliphatic carbocycles. The molecule has 0 aliphatic heterocycles. The predicted molar refractivity (Wildman–Crippen MR) is 85.7 cm³/mol. The summed E-state index contributed by atoms with van der Waals surface area (Å²) in [5.41, 5.74) is 0. The van der Waals surface area contributed by atoms with Crippen LogP contribution in [0.15, 0.2) is 12.7 Å². The summed E-state index contributed by atoms with van der Waals surface area (Å²) in [4.78, 5) is 0. The van der Waals surface area contributed by atoms with Crippen LogP contribution in [-0.2, 0) is 0 Å². The van der Waals surface area contributed by atoms with Crippen LogP contribution in [0.2, 0.25) is 17.7 Å². The van der Waals surface area contributed by atoms with Gasteiger partial charge in [-0.15, -0.1) is 0 Å². The van der Waals surface area contributed by atoms with Crippen LogP contribution < -0.4 is 0 Å². The molecule has 2 heteroatoms. The average Bonchev–Trinajstić information content (AvgIpc) is 2.38. The first-order valence-electron chi connectivity index (χ1n) is 7.35. The summed E-state index contributed by atoms with van der Waals surface area (Å²) < 4.78 is 6.21. The summed E-state index contributed by atoms with van der Waals surface area (Å²) in [6.07, 6.45) is 10.8. The molecule has 0 N–H and O–H groups in total. The maximum atomic E-state index is 3.50. The Balaban J connectivity index is 0. The number of allylic oxidation sites excluding steroid dienone is 1. The van der Waals surface area contributed by atoms with Crippen molar-refractivity contribution < 1.29 is 0 Å². The molecule has 0 unspecified atom stereocenters. The first kappa shape index (κ1) is 20.7. The molecule has 0 aromatic carbocycles. The van der Waals surface area contributed by atoms with Crippen molar-refractivity contribution in [2.75, 3.05) is 0 Å². The fourth-order valence-electron chi connectivity index (χ4n) is 1.66. The van der Waals surface area contributed by atoms with E-state index >= 15 is 0 Å². The Morgan fingerprint density at radius 3 is 1.35 bits per heavy atom. The molecule has 0 bridgehead atoms. The van der Waals surface area contributed by atoms with Crippen LogP contribution in [0.3, 0.4) is 0 Å². The second-order valence-electron chi connectivity index (χ2n) is 4.55. The minimum atomic E-state index is -0.839. The van der Waals surface area contributed by atoms with Gasteiger partial charge in [0.15, 0.2) is 0 Å². The Morgan fingerprint density at radius 2 is 1.18 bits per heavy atom. The van der Waals surface area contributed by atoms with E-state index in [1.54, 1.807) is 35.8 Å². The molecule has 0 aromatic rings. The van der Waals surface area contributed by atoms with Crippen LogP contribution in [0, 0.1) is 0 Å². The van der Waals surface area contributed by atoms with Crippen molar-refractivity contribution in [2.45, 2.75) is 77.0 Å². The van der Waals surface area contributed by atoms with E-state index in [-0.39, 0.29) is 0 Å². The second-order valence-corrected chi connectivity index (χ2v) is 14.3. The fraction of sp³-hybridized carbons (Fsp3) is 0.867. The minimum absolute atomic E-state index is 0.839. The third-order valence-electron chi connectivity index (χ3n) is 2.80. The third kappa shape index (κ3) is 19.8. The molecule has 0 nitrogen and oxygen atoms in total. The van der Waals surface area contributed by atoms with Gasteiger partial charge in [-0.1, -0.05) is 0 Å². The topological polar surface area (TPSA) is 0 Å². The molecule has 0 aromatic heterocycles. The molecule has 0 fully saturated rings. The zero-order valence-corrected chi connectivity index (χ0v) is 18.1. The molecule has 4 radical (unpaired) electrons. The summed E-state index contributed by atoms with van der Waals surface area (Å²) in [7, 11) is 0. The Bertz CT molecular complexity index is 116. The zero-order chi connectivity index (χ0) is 13.4. The normalized spacial score (nSPS) is 9.94. The molecule has 0 rings (SSSR count). The van der Waals surface area contributed by atoms with Gasteiger partial charge in [0.2, 0.25) is 0 Å². The van der Waals surface area contributed by atoms with Crippen molar-refractivity contribution in [1.29, 1.82) is 0 Å². The molecule has 0 saturated heterocycles. The van der Waals surface area contributed by atoms with Crippen LogP contribution in [0.1, 0.15) is 59.3 Å². The van der Waals surface area contributed by atoms with Crippen molar-refractivity contribution >= 4 is 42.3 Å². The van der Waals surface area contributed by atoms with Crippen molar-refractivity contribution in [2.24, 2.45) is 0 Å². The summed E-state index contributed by atoms with van der Waals surface area (Å²) in [5, 5.41) is 0. The summed E-state index contributed by atoms with van der Waals surface area (Å²) in [6, 6.07) is 0. The molecule has 0 amide bonds. The molecule has 0 heterocycles. The first-order chi connectivity index (χ1) is 8.26. The summed E-state index contributed by atoms with van der Waals surface area (Å²) in [6.45, 7) is 10.5. The monoisotopic (exact) mass is 452 g/mol. The standard InChI is InChI=1S/3C4H9.C3H5.2Sn/c3*1-3-4-2;1-3-2;;/h3*1,3-4H2,2H3;3H,1-2H2;;. The van der Waals surface area contributed by atoms with Gasteiger partial charge in [-0.25, -0.2) is 0 Å². The van der Waals surface area contributed by atoms with Crippen molar-refractivity contribution in [3.8, 4) is 0 Å². The van der Waals surface area contributed by atoms with E-state index in [2.05, 4.69) is 27.4 Å². The third-order valence-corrected chi connectivity index (χ3v) is 12.7. The van der Waals surface area contributed by atoms with Crippen molar-refractivity contribution in [3.05, 3.63) is 12.7 Å². The van der Waals surface area contributed by atoms with Gasteiger partial charge in [-0.3, -0.25) is 0 Å². The van der Waals surface area contributed by atoms with Crippen LogP contribution in [-0.4, -0.2) is 42.3 Å². The Labute approximate surface area is 131 Å².